The average molecular weight is 283 g/mol. The molecule has 21 heavy (non-hydrogen) atoms. The van der Waals surface area contributed by atoms with E-state index in [0.717, 1.165) is 16.5 Å². The van der Waals surface area contributed by atoms with E-state index in [9.17, 15) is 4.79 Å². The van der Waals surface area contributed by atoms with Gasteiger partial charge in [0.25, 0.3) is 0 Å². The van der Waals surface area contributed by atoms with Crippen molar-refractivity contribution in [3.63, 3.8) is 0 Å². The number of nitrogens with two attached hydrogens (primary N) is 1. The van der Waals surface area contributed by atoms with Crippen molar-refractivity contribution in [2.24, 2.45) is 5.73 Å². The van der Waals surface area contributed by atoms with Gasteiger partial charge in [-0.25, -0.2) is 4.98 Å². The maximum atomic E-state index is 12.0. The molecular formula is C15H17N5O. The highest BCUT2D eigenvalue weighted by Crippen LogP contribution is 2.18. The Kier molecular flexibility index (Phi) is 3.70. The predicted molar refractivity (Wildman–Crippen MR) is 80.4 cm³/mol. The van der Waals surface area contributed by atoms with E-state index < -0.39 is 6.04 Å². The third-order valence-electron chi connectivity index (χ3n) is 3.44. The fourth-order valence-electron chi connectivity index (χ4n) is 2.33. The fourth-order valence-corrected chi connectivity index (χ4v) is 2.33. The van der Waals surface area contributed by atoms with Crippen LogP contribution in [0.3, 0.4) is 0 Å². The molecule has 1 amide bonds. The zero-order valence-corrected chi connectivity index (χ0v) is 11.5. The molecule has 1 aromatic carbocycles. The topological polar surface area (TPSA) is 99.6 Å². The van der Waals surface area contributed by atoms with E-state index in [-0.39, 0.29) is 5.91 Å². The zero-order chi connectivity index (χ0) is 14.7. The maximum absolute atomic E-state index is 12.0. The van der Waals surface area contributed by atoms with Gasteiger partial charge in [0.2, 0.25) is 5.91 Å². The Morgan fingerprint density at radius 2 is 2.19 bits per heavy atom. The van der Waals surface area contributed by atoms with Gasteiger partial charge in [0.15, 0.2) is 0 Å². The van der Waals surface area contributed by atoms with Gasteiger partial charge >= 0.3 is 0 Å². The van der Waals surface area contributed by atoms with E-state index in [0.29, 0.717) is 18.8 Å². The molecule has 0 aliphatic carbocycles. The number of aromatic amines is 2. The van der Waals surface area contributed by atoms with Crippen LogP contribution in [0.1, 0.15) is 11.4 Å². The molecule has 2 aromatic heterocycles. The number of carbonyl (C=O) groups is 1. The normalized spacial score (nSPS) is 12.4. The van der Waals surface area contributed by atoms with Crippen LogP contribution >= 0.6 is 0 Å². The molecule has 3 aromatic rings. The number of carbonyl (C=O) groups excluding carboxylic acids is 1. The number of nitrogens with one attached hydrogen (secondary N) is 3. The summed E-state index contributed by atoms with van der Waals surface area (Å²) in [6.45, 7) is 0.355. The summed E-state index contributed by atoms with van der Waals surface area (Å²) in [7, 11) is 0. The van der Waals surface area contributed by atoms with Crippen molar-refractivity contribution in [3.8, 4) is 0 Å². The number of imidazole rings is 1. The second-order valence-corrected chi connectivity index (χ2v) is 4.92. The standard InChI is InChI=1S/C15H17N5O/c16-12(15(21)20-9-14-17-5-6-18-14)7-10-8-19-13-4-2-1-3-11(10)13/h1-6,8,12,19H,7,9,16H2,(H,17,18)(H,20,21)/t12-/m0/s1. The number of benzene rings is 1. The molecule has 0 saturated carbocycles. The van der Waals surface area contributed by atoms with E-state index in [4.69, 9.17) is 5.73 Å². The number of fused-ring (bicyclic) bond motifs is 1. The van der Waals surface area contributed by atoms with Crippen LogP contribution in [-0.2, 0) is 17.8 Å². The summed E-state index contributed by atoms with van der Waals surface area (Å²) in [5.74, 6) is 0.527. The Balaban J connectivity index is 1.62. The summed E-state index contributed by atoms with van der Waals surface area (Å²) < 4.78 is 0. The van der Waals surface area contributed by atoms with Gasteiger partial charge in [0.05, 0.1) is 12.6 Å². The molecule has 0 aliphatic rings. The highest BCUT2D eigenvalue weighted by atomic mass is 16.2. The molecule has 6 heteroatoms. The molecule has 0 radical (unpaired) electrons. The van der Waals surface area contributed by atoms with Crippen LogP contribution in [-0.4, -0.2) is 26.9 Å². The van der Waals surface area contributed by atoms with E-state index in [1.165, 1.54) is 0 Å². The molecule has 0 fully saturated rings. The van der Waals surface area contributed by atoms with E-state index in [1.54, 1.807) is 12.4 Å². The molecular weight excluding hydrogens is 266 g/mol. The highest BCUT2D eigenvalue weighted by Gasteiger charge is 2.16. The number of hydrogen-bond donors (Lipinski definition) is 4. The average Bonchev–Trinajstić information content (AvgIpc) is 3.15. The number of rotatable bonds is 5. The molecule has 0 spiro atoms. The summed E-state index contributed by atoms with van der Waals surface area (Å²) >= 11 is 0. The quantitative estimate of drug-likeness (QED) is 0.563. The van der Waals surface area contributed by atoms with Crippen LogP contribution in [0.15, 0.2) is 42.9 Å². The molecule has 5 N–H and O–H groups in total. The van der Waals surface area contributed by atoms with Gasteiger partial charge in [0.1, 0.15) is 5.82 Å². The lowest BCUT2D eigenvalue weighted by atomic mass is 10.1. The molecule has 0 saturated heterocycles. The fraction of sp³-hybridized carbons (Fsp3) is 0.200. The van der Waals surface area contributed by atoms with Gasteiger partial charge in [-0.1, -0.05) is 18.2 Å². The van der Waals surface area contributed by atoms with Crippen LogP contribution in [0.2, 0.25) is 0 Å². The third-order valence-corrected chi connectivity index (χ3v) is 3.44. The smallest absolute Gasteiger partial charge is 0.237 e. The van der Waals surface area contributed by atoms with Crippen LogP contribution < -0.4 is 11.1 Å². The first kappa shape index (κ1) is 13.4. The number of para-hydroxylation sites is 1. The number of hydrogen-bond acceptors (Lipinski definition) is 3. The second-order valence-electron chi connectivity index (χ2n) is 4.92. The van der Waals surface area contributed by atoms with Gasteiger partial charge < -0.3 is 21.0 Å². The van der Waals surface area contributed by atoms with Gasteiger partial charge in [-0.05, 0) is 18.1 Å². The molecule has 108 valence electrons. The van der Waals surface area contributed by atoms with Crippen LogP contribution in [0, 0.1) is 0 Å². The van der Waals surface area contributed by atoms with Crippen molar-refractivity contribution < 1.29 is 4.79 Å². The highest BCUT2D eigenvalue weighted by molar-refractivity contribution is 5.86. The van der Waals surface area contributed by atoms with Crippen molar-refractivity contribution in [1.29, 1.82) is 0 Å². The Bertz CT molecular complexity index is 731. The lowest BCUT2D eigenvalue weighted by Crippen LogP contribution is -2.41. The summed E-state index contributed by atoms with van der Waals surface area (Å²) in [5.41, 5.74) is 8.08. The Morgan fingerprint density at radius 1 is 1.33 bits per heavy atom. The minimum Gasteiger partial charge on any atom is -0.361 e. The Labute approximate surface area is 121 Å². The molecule has 6 nitrogen and oxygen atoms in total. The monoisotopic (exact) mass is 283 g/mol. The number of H-pyrrole nitrogens is 2. The van der Waals surface area contributed by atoms with Gasteiger partial charge in [-0.15, -0.1) is 0 Å². The van der Waals surface area contributed by atoms with Crippen LogP contribution in [0.4, 0.5) is 0 Å². The summed E-state index contributed by atoms with van der Waals surface area (Å²) in [6.07, 6.45) is 5.76. The lowest BCUT2D eigenvalue weighted by Gasteiger charge is -2.11. The van der Waals surface area contributed by atoms with Gasteiger partial charge in [-0.2, -0.15) is 0 Å². The van der Waals surface area contributed by atoms with Crippen molar-refractivity contribution in [1.82, 2.24) is 20.3 Å². The third kappa shape index (κ3) is 2.95. The summed E-state index contributed by atoms with van der Waals surface area (Å²) in [4.78, 5) is 22.2. The SMILES string of the molecule is N[C@@H](Cc1c[nH]c2ccccc12)C(=O)NCc1ncc[nH]1. The van der Waals surface area contributed by atoms with Crippen molar-refractivity contribution >= 4 is 16.8 Å². The molecule has 3 rings (SSSR count). The zero-order valence-electron chi connectivity index (χ0n) is 11.5. The van der Waals surface area contributed by atoms with Gasteiger partial charge in [-0.3, -0.25) is 4.79 Å². The van der Waals surface area contributed by atoms with Crippen molar-refractivity contribution in [2.45, 2.75) is 19.0 Å². The summed E-state index contributed by atoms with van der Waals surface area (Å²) in [5, 5.41) is 3.88. The first-order valence-corrected chi connectivity index (χ1v) is 6.80. The molecule has 2 heterocycles. The Hall–Kier alpha value is -2.60. The second kappa shape index (κ2) is 5.80. The minimum absolute atomic E-state index is 0.184. The lowest BCUT2D eigenvalue weighted by molar-refractivity contribution is -0.122. The number of amides is 1. The van der Waals surface area contributed by atoms with Crippen LogP contribution in [0.25, 0.3) is 10.9 Å². The number of nitrogens with zero attached hydrogens (tertiary/aromatic N) is 1. The van der Waals surface area contributed by atoms with Crippen molar-refractivity contribution in [2.75, 3.05) is 0 Å². The first-order valence-electron chi connectivity index (χ1n) is 6.80. The number of aromatic nitrogens is 3. The van der Waals surface area contributed by atoms with Crippen LogP contribution in [0.5, 0.6) is 0 Å². The van der Waals surface area contributed by atoms with E-state index >= 15 is 0 Å². The Morgan fingerprint density at radius 3 is 3.00 bits per heavy atom. The minimum atomic E-state index is -0.584. The molecule has 0 bridgehead atoms. The van der Waals surface area contributed by atoms with E-state index in [2.05, 4.69) is 20.3 Å². The van der Waals surface area contributed by atoms with Crippen molar-refractivity contribution in [3.05, 3.63) is 54.2 Å². The molecule has 1 atom stereocenters. The maximum Gasteiger partial charge on any atom is 0.237 e. The largest absolute Gasteiger partial charge is 0.361 e. The van der Waals surface area contributed by atoms with E-state index in [1.807, 2.05) is 30.5 Å². The predicted octanol–water partition coefficient (Wildman–Crippen LogP) is 1.08. The van der Waals surface area contributed by atoms with Gasteiger partial charge in [0, 0.05) is 29.5 Å². The molecule has 0 aliphatic heterocycles. The summed E-state index contributed by atoms with van der Waals surface area (Å²) in [6, 6.07) is 7.38. The molecule has 0 unspecified atom stereocenters. The first-order chi connectivity index (χ1) is 10.2.